The molecule has 0 spiro atoms. The smallest absolute Gasteiger partial charge is 0.128 e. The number of aryl methyl sites for hydroxylation is 1. The molecule has 0 nitrogen and oxygen atoms in total. The zero-order valence-electron chi connectivity index (χ0n) is 9.86. The Kier molecular flexibility index (Phi) is 4.72. The predicted molar refractivity (Wildman–Crippen MR) is 63.8 cm³/mol. The number of hydrogen-bond acceptors (Lipinski definition) is 0. The number of halogens is 3. The lowest BCUT2D eigenvalue weighted by Crippen LogP contribution is -2.00. The van der Waals surface area contributed by atoms with Gasteiger partial charge in [-0.05, 0) is 43.4 Å². The molecular formula is C13H17ClF2. The van der Waals surface area contributed by atoms with Crippen LogP contribution in [0.1, 0.15) is 43.2 Å². The summed E-state index contributed by atoms with van der Waals surface area (Å²) in [4.78, 5) is 0. The largest absolute Gasteiger partial charge is 0.207 e. The van der Waals surface area contributed by atoms with Crippen molar-refractivity contribution in [1.29, 1.82) is 0 Å². The summed E-state index contributed by atoms with van der Waals surface area (Å²) in [6.07, 6.45) is 1.57. The summed E-state index contributed by atoms with van der Waals surface area (Å²) in [6, 6.07) is 2.41. The van der Waals surface area contributed by atoms with Crippen LogP contribution in [0, 0.1) is 24.5 Å². The van der Waals surface area contributed by atoms with Crippen LogP contribution in [0.5, 0.6) is 0 Å². The molecule has 0 bridgehead atoms. The summed E-state index contributed by atoms with van der Waals surface area (Å²) in [6.45, 7) is 5.70. The maximum absolute atomic E-state index is 13.6. The van der Waals surface area contributed by atoms with Crippen molar-refractivity contribution in [2.24, 2.45) is 5.92 Å². The van der Waals surface area contributed by atoms with E-state index in [9.17, 15) is 8.78 Å². The third-order valence-electron chi connectivity index (χ3n) is 2.61. The minimum Gasteiger partial charge on any atom is -0.207 e. The fourth-order valence-electron chi connectivity index (χ4n) is 1.54. The van der Waals surface area contributed by atoms with E-state index < -0.39 is 17.0 Å². The molecule has 0 heterocycles. The quantitative estimate of drug-likeness (QED) is 0.657. The van der Waals surface area contributed by atoms with E-state index in [4.69, 9.17) is 11.6 Å². The van der Waals surface area contributed by atoms with Crippen molar-refractivity contribution < 1.29 is 8.78 Å². The van der Waals surface area contributed by atoms with E-state index in [2.05, 4.69) is 13.8 Å². The highest BCUT2D eigenvalue weighted by atomic mass is 35.5. The Bertz CT molecular complexity index is 361. The van der Waals surface area contributed by atoms with Gasteiger partial charge < -0.3 is 0 Å². The van der Waals surface area contributed by atoms with Crippen LogP contribution in [0.4, 0.5) is 8.78 Å². The Morgan fingerprint density at radius 2 is 1.75 bits per heavy atom. The topological polar surface area (TPSA) is 0 Å². The summed E-state index contributed by atoms with van der Waals surface area (Å²) in [5.74, 6) is -0.297. The van der Waals surface area contributed by atoms with Crippen molar-refractivity contribution in [3.63, 3.8) is 0 Å². The summed E-state index contributed by atoms with van der Waals surface area (Å²) >= 11 is 6.07. The molecule has 0 saturated heterocycles. The van der Waals surface area contributed by atoms with E-state index in [1.807, 2.05) is 0 Å². The van der Waals surface area contributed by atoms with E-state index in [1.54, 1.807) is 6.92 Å². The van der Waals surface area contributed by atoms with Crippen LogP contribution in [-0.2, 0) is 0 Å². The number of alkyl halides is 1. The van der Waals surface area contributed by atoms with Gasteiger partial charge in [0.05, 0.1) is 5.38 Å². The molecule has 90 valence electrons. The third kappa shape index (κ3) is 3.44. The number of rotatable bonds is 4. The molecule has 1 aromatic carbocycles. The molecule has 16 heavy (non-hydrogen) atoms. The molecule has 0 N–H and O–H groups in total. The van der Waals surface area contributed by atoms with Gasteiger partial charge in [-0.2, -0.15) is 0 Å². The van der Waals surface area contributed by atoms with Crippen LogP contribution in [0.3, 0.4) is 0 Å². The van der Waals surface area contributed by atoms with E-state index in [0.717, 1.165) is 6.42 Å². The Labute approximate surface area is 101 Å². The minimum absolute atomic E-state index is 0.269. The van der Waals surface area contributed by atoms with Gasteiger partial charge in [-0.1, -0.05) is 13.8 Å². The first kappa shape index (κ1) is 13.4. The third-order valence-corrected chi connectivity index (χ3v) is 3.07. The molecule has 1 unspecified atom stereocenters. The number of benzene rings is 1. The first-order chi connectivity index (χ1) is 7.41. The number of hydrogen-bond donors (Lipinski definition) is 0. The molecule has 1 rings (SSSR count). The lowest BCUT2D eigenvalue weighted by Gasteiger charge is -2.13. The highest BCUT2D eigenvalue weighted by Gasteiger charge is 2.15. The van der Waals surface area contributed by atoms with Crippen LogP contribution < -0.4 is 0 Å². The minimum atomic E-state index is -0.447. The Balaban J connectivity index is 2.82. The molecule has 1 aromatic rings. The van der Waals surface area contributed by atoms with Crippen LogP contribution in [0.25, 0.3) is 0 Å². The van der Waals surface area contributed by atoms with Gasteiger partial charge in [0.15, 0.2) is 0 Å². The highest BCUT2D eigenvalue weighted by Crippen LogP contribution is 2.30. The summed E-state index contributed by atoms with van der Waals surface area (Å²) in [5, 5.41) is -0.447. The van der Waals surface area contributed by atoms with Gasteiger partial charge in [-0.15, -0.1) is 11.6 Å². The second-order valence-corrected chi connectivity index (χ2v) is 5.09. The van der Waals surface area contributed by atoms with Crippen LogP contribution >= 0.6 is 11.6 Å². The van der Waals surface area contributed by atoms with Gasteiger partial charge in [0.1, 0.15) is 11.6 Å². The lowest BCUT2D eigenvalue weighted by atomic mass is 10.0. The van der Waals surface area contributed by atoms with Crippen molar-refractivity contribution in [1.82, 2.24) is 0 Å². The molecule has 3 heteroatoms. The Morgan fingerprint density at radius 1 is 1.12 bits per heavy atom. The first-order valence-electron chi connectivity index (χ1n) is 5.51. The fraction of sp³-hybridized carbons (Fsp3) is 0.538. The van der Waals surface area contributed by atoms with Gasteiger partial charge in [0.2, 0.25) is 0 Å². The van der Waals surface area contributed by atoms with Crippen molar-refractivity contribution in [3.8, 4) is 0 Å². The van der Waals surface area contributed by atoms with Crippen molar-refractivity contribution in [3.05, 3.63) is 34.9 Å². The van der Waals surface area contributed by atoms with E-state index in [1.165, 1.54) is 12.1 Å². The normalized spacial score (nSPS) is 13.2. The standard InChI is InChI=1S/C13H17ClF2/c1-8(2)4-5-11(14)10-7-12(15)9(3)6-13(10)16/h6-8,11H,4-5H2,1-3H3. The highest BCUT2D eigenvalue weighted by molar-refractivity contribution is 6.20. The monoisotopic (exact) mass is 246 g/mol. The van der Waals surface area contributed by atoms with Crippen molar-refractivity contribution in [2.75, 3.05) is 0 Å². The Morgan fingerprint density at radius 3 is 2.31 bits per heavy atom. The predicted octanol–water partition coefficient (Wildman–Crippen LogP) is 4.99. The lowest BCUT2D eigenvalue weighted by molar-refractivity contribution is 0.529. The Hall–Kier alpha value is -0.630. The molecular weight excluding hydrogens is 230 g/mol. The van der Waals surface area contributed by atoms with E-state index >= 15 is 0 Å². The molecule has 0 aliphatic carbocycles. The van der Waals surface area contributed by atoms with Crippen molar-refractivity contribution in [2.45, 2.75) is 39.0 Å². The van der Waals surface area contributed by atoms with Crippen LogP contribution in [-0.4, -0.2) is 0 Å². The van der Waals surface area contributed by atoms with Gasteiger partial charge in [0, 0.05) is 5.56 Å². The molecule has 0 saturated carbocycles. The molecule has 0 radical (unpaired) electrons. The molecule has 0 aliphatic rings. The molecule has 0 aliphatic heterocycles. The molecule has 0 aromatic heterocycles. The van der Waals surface area contributed by atoms with Gasteiger partial charge >= 0.3 is 0 Å². The zero-order chi connectivity index (χ0) is 12.3. The van der Waals surface area contributed by atoms with E-state index in [-0.39, 0.29) is 5.56 Å². The summed E-state index contributed by atoms with van der Waals surface area (Å²) < 4.78 is 26.8. The summed E-state index contributed by atoms with van der Waals surface area (Å²) in [5.41, 5.74) is 0.583. The van der Waals surface area contributed by atoms with Gasteiger partial charge in [0.25, 0.3) is 0 Å². The molecule has 0 fully saturated rings. The van der Waals surface area contributed by atoms with Crippen LogP contribution in [0.2, 0.25) is 0 Å². The average Bonchev–Trinajstić information content (AvgIpc) is 2.20. The van der Waals surface area contributed by atoms with Gasteiger partial charge in [-0.25, -0.2) is 8.78 Å². The van der Waals surface area contributed by atoms with Crippen LogP contribution in [0.15, 0.2) is 12.1 Å². The van der Waals surface area contributed by atoms with E-state index in [0.29, 0.717) is 17.9 Å². The average molecular weight is 247 g/mol. The maximum Gasteiger partial charge on any atom is 0.128 e. The fourth-order valence-corrected chi connectivity index (χ4v) is 1.83. The molecule has 1 atom stereocenters. The SMILES string of the molecule is Cc1cc(F)c(C(Cl)CCC(C)C)cc1F. The second-order valence-electron chi connectivity index (χ2n) is 4.56. The second kappa shape index (κ2) is 5.62. The summed E-state index contributed by atoms with van der Waals surface area (Å²) in [7, 11) is 0. The zero-order valence-corrected chi connectivity index (χ0v) is 10.6. The van der Waals surface area contributed by atoms with Crippen molar-refractivity contribution >= 4 is 11.6 Å². The maximum atomic E-state index is 13.6. The molecule has 0 amide bonds. The first-order valence-corrected chi connectivity index (χ1v) is 5.95. The van der Waals surface area contributed by atoms with Gasteiger partial charge in [-0.3, -0.25) is 0 Å².